The first kappa shape index (κ1) is 20.3. The average Bonchev–Trinajstić information content (AvgIpc) is 2.62. The summed E-state index contributed by atoms with van der Waals surface area (Å²) < 4.78 is 85.5. The summed E-state index contributed by atoms with van der Waals surface area (Å²) in [4.78, 5) is 21.9. The van der Waals surface area contributed by atoms with Crippen molar-refractivity contribution in [2.45, 2.75) is 17.8 Å². The SMILES string of the molecule is O=C(O)C(F)(F)C(F)(F)C(F)(F)C(=O)c1ccc(Oc2ccccc2)cc1. The second-order valence-electron chi connectivity index (χ2n) is 5.30. The molecule has 0 aromatic heterocycles. The molecule has 0 radical (unpaired) electrons. The molecule has 0 spiro atoms. The number of alkyl halides is 6. The molecule has 4 nitrogen and oxygen atoms in total. The van der Waals surface area contributed by atoms with Gasteiger partial charge < -0.3 is 9.84 Å². The zero-order valence-electron chi connectivity index (χ0n) is 13.1. The zero-order chi connectivity index (χ0) is 20.5. The maximum Gasteiger partial charge on any atom is 0.411 e. The lowest BCUT2D eigenvalue weighted by atomic mass is 9.96. The van der Waals surface area contributed by atoms with E-state index in [9.17, 15) is 35.9 Å². The first-order valence-electron chi connectivity index (χ1n) is 7.16. The minimum atomic E-state index is -6.44. The van der Waals surface area contributed by atoms with Gasteiger partial charge in [-0.25, -0.2) is 4.79 Å². The van der Waals surface area contributed by atoms with Gasteiger partial charge in [0, 0.05) is 5.56 Å². The second-order valence-corrected chi connectivity index (χ2v) is 5.30. The molecule has 144 valence electrons. The number of aliphatic carboxylic acids is 1. The first-order valence-corrected chi connectivity index (χ1v) is 7.16. The van der Waals surface area contributed by atoms with E-state index in [1.807, 2.05) is 0 Å². The van der Waals surface area contributed by atoms with Crippen LogP contribution in [0.5, 0.6) is 11.5 Å². The Labute approximate surface area is 148 Å². The highest BCUT2D eigenvalue weighted by atomic mass is 19.3. The molecule has 2 rings (SSSR count). The molecule has 2 aromatic rings. The van der Waals surface area contributed by atoms with Gasteiger partial charge in [0.1, 0.15) is 11.5 Å². The van der Waals surface area contributed by atoms with Crippen LogP contribution in [0.2, 0.25) is 0 Å². The lowest BCUT2D eigenvalue weighted by molar-refractivity contribution is -0.285. The summed E-state index contributed by atoms with van der Waals surface area (Å²) in [5.74, 6) is -24.3. The smallest absolute Gasteiger partial charge is 0.411 e. The van der Waals surface area contributed by atoms with Gasteiger partial charge in [-0.15, -0.1) is 0 Å². The number of hydrogen-bond donors (Lipinski definition) is 1. The molecule has 0 saturated carbocycles. The number of rotatable bonds is 7. The molecule has 0 aliphatic heterocycles. The topological polar surface area (TPSA) is 63.6 Å². The number of para-hydroxylation sites is 1. The third-order valence-corrected chi connectivity index (χ3v) is 3.44. The predicted octanol–water partition coefficient (Wildman–Crippen LogP) is 4.65. The number of ketones is 1. The highest BCUT2D eigenvalue weighted by Gasteiger charge is 2.78. The molecule has 0 saturated heterocycles. The Hall–Kier alpha value is -3.04. The van der Waals surface area contributed by atoms with E-state index in [2.05, 4.69) is 0 Å². The molecule has 27 heavy (non-hydrogen) atoms. The van der Waals surface area contributed by atoms with Crippen LogP contribution in [0.3, 0.4) is 0 Å². The van der Waals surface area contributed by atoms with E-state index in [1.54, 1.807) is 30.3 Å². The monoisotopic (exact) mass is 392 g/mol. The standard InChI is InChI=1S/C17H10F6O4/c18-15(19,17(22,23)16(20,21)14(25)26)13(24)10-6-8-12(9-7-10)27-11-4-2-1-3-5-11/h1-9H,(H,25,26). The molecule has 2 aromatic carbocycles. The summed E-state index contributed by atoms with van der Waals surface area (Å²) in [5, 5.41) is 8.08. The largest absolute Gasteiger partial charge is 0.477 e. The lowest BCUT2D eigenvalue weighted by Gasteiger charge is -2.29. The normalized spacial score (nSPS) is 12.5. The van der Waals surface area contributed by atoms with Gasteiger partial charge in [-0.1, -0.05) is 18.2 Å². The molecule has 0 atom stereocenters. The van der Waals surface area contributed by atoms with E-state index in [1.165, 1.54) is 0 Å². The fourth-order valence-corrected chi connectivity index (χ4v) is 1.95. The van der Waals surface area contributed by atoms with Crippen molar-refractivity contribution >= 4 is 11.8 Å². The van der Waals surface area contributed by atoms with E-state index in [-0.39, 0.29) is 5.75 Å². The number of benzene rings is 2. The van der Waals surface area contributed by atoms with Crippen LogP contribution in [0.1, 0.15) is 10.4 Å². The van der Waals surface area contributed by atoms with Crippen LogP contribution in [-0.2, 0) is 4.79 Å². The van der Waals surface area contributed by atoms with Crippen molar-refractivity contribution in [3.63, 3.8) is 0 Å². The van der Waals surface area contributed by atoms with E-state index in [4.69, 9.17) is 9.84 Å². The van der Waals surface area contributed by atoms with Crippen LogP contribution in [-0.4, -0.2) is 34.6 Å². The van der Waals surface area contributed by atoms with Crippen molar-refractivity contribution in [1.29, 1.82) is 0 Å². The van der Waals surface area contributed by atoms with Gasteiger partial charge in [-0.2, -0.15) is 26.3 Å². The van der Waals surface area contributed by atoms with Gasteiger partial charge >= 0.3 is 23.7 Å². The van der Waals surface area contributed by atoms with Crippen LogP contribution in [0.4, 0.5) is 26.3 Å². The van der Waals surface area contributed by atoms with Crippen molar-refractivity contribution in [3.05, 3.63) is 60.2 Å². The molecular formula is C17H10F6O4. The maximum atomic E-state index is 13.7. The second kappa shape index (κ2) is 6.93. The van der Waals surface area contributed by atoms with Gasteiger partial charge in [-0.3, -0.25) is 4.79 Å². The molecule has 0 aliphatic rings. The molecule has 0 unspecified atom stereocenters. The van der Waals surface area contributed by atoms with Gasteiger partial charge in [0.2, 0.25) is 5.78 Å². The molecule has 0 amide bonds. The first-order chi connectivity index (χ1) is 12.4. The summed E-state index contributed by atoms with van der Waals surface area (Å²) in [6.45, 7) is 0. The Bertz CT molecular complexity index is 834. The number of ether oxygens (including phenoxy) is 1. The molecule has 10 heteroatoms. The molecule has 0 heterocycles. The quantitative estimate of drug-likeness (QED) is 0.550. The molecule has 0 fully saturated rings. The number of carbonyl (C=O) groups is 2. The van der Waals surface area contributed by atoms with E-state index in [0.29, 0.717) is 17.9 Å². The number of carboxylic acids is 1. The summed E-state index contributed by atoms with van der Waals surface area (Å²) >= 11 is 0. The lowest BCUT2D eigenvalue weighted by Crippen LogP contribution is -2.60. The van der Waals surface area contributed by atoms with Crippen LogP contribution in [0.15, 0.2) is 54.6 Å². The van der Waals surface area contributed by atoms with Crippen LogP contribution >= 0.6 is 0 Å². The van der Waals surface area contributed by atoms with E-state index in [0.717, 1.165) is 12.1 Å². The van der Waals surface area contributed by atoms with Crippen molar-refractivity contribution in [2.75, 3.05) is 0 Å². The third kappa shape index (κ3) is 3.60. The van der Waals surface area contributed by atoms with E-state index >= 15 is 0 Å². The maximum absolute atomic E-state index is 13.7. The minimum absolute atomic E-state index is 0.0590. The van der Waals surface area contributed by atoms with Crippen molar-refractivity contribution in [1.82, 2.24) is 0 Å². The van der Waals surface area contributed by atoms with Crippen molar-refractivity contribution in [2.24, 2.45) is 0 Å². The fraction of sp³-hybridized carbons (Fsp3) is 0.176. The predicted molar refractivity (Wildman–Crippen MR) is 79.8 cm³/mol. The zero-order valence-corrected chi connectivity index (χ0v) is 13.1. The average molecular weight is 392 g/mol. The van der Waals surface area contributed by atoms with E-state index < -0.39 is 35.1 Å². The highest BCUT2D eigenvalue weighted by molar-refractivity contribution is 6.02. The fourth-order valence-electron chi connectivity index (χ4n) is 1.95. The molecule has 1 N–H and O–H groups in total. The molecule has 0 bridgehead atoms. The molecular weight excluding hydrogens is 382 g/mol. The number of carbonyl (C=O) groups excluding carboxylic acids is 1. The summed E-state index contributed by atoms with van der Waals surface area (Å²) in [5.41, 5.74) is -1.03. The minimum Gasteiger partial charge on any atom is -0.477 e. The van der Waals surface area contributed by atoms with Gasteiger partial charge in [0.15, 0.2) is 0 Å². The van der Waals surface area contributed by atoms with Gasteiger partial charge in [0.25, 0.3) is 0 Å². The Morgan fingerprint density at radius 2 is 1.22 bits per heavy atom. The summed E-state index contributed by atoms with van der Waals surface area (Å²) in [6.07, 6.45) is 0. The molecule has 0 aliphatic carbocycles. The number of hydrogen-bond acceptors (Lipinski definition) is 3. The number of Topliss-reactive ketones (excluding diaryl/α,β-unsaturated/α-hetero) is 1. The Morgan fingerprint density at radius 3 is 1.70 bits per heavy atom. The number of carboxylic acid groups (broad SMARTS) is 1. The number of halogens is 6. The van der Waals surface area contributed by atoms with Crippen molar-refractivity contribution in [3.8, 4) is 11.5 Å². The summed E-state index contributed by atoms with van der Waals surface area (Å²) in [7, 11) is 0. The highest BCUT2D eigenvalue weighted by Crippen LogP contribution is 2.47. The van der Waals surface area contributed by atoms with Gasteiger partial charge in [-0.05, 0) is 36.4 Å². The van der Waals surface area contributed by atoms with Crippen molar-refractivity contribution < 1.29 is 45.8 Å². The van der Waals surface area contributed by atoms with Crippen LogP contribution in [0, 0.1) is 0 Å². The van der Waals surface area contributed by atoms with Crippen LogP contribution < -0.4 is 4.74 Å². The Balaban J connectivity index is 2.27. The summed E-state index contributed by atoms with van der Waals surface area (Å²) in [6, 6.07) is 11.4. The third-order valence-electron chi connectivity index (χ3n) is 3.44. The van der Waals surface area contributed by atoms with Gasteiger partial charge in [0.05, 0.1) is 0 Å². The van der Waals surface area contributed by atoms with Crippen LogP contribution in [0.25, 0.3) is 0 Å². The Kier molecular flexibility index (Phi) is 5.21. The Morgan fingerprint density at radius 1 is 0.741 bits per heavy atom.